The maximum absolute atomic E-state index is 13.0. The van der Waals surface area contributed by atoms with Crippen molar-refractivity contribution in [2.24, 2.45) is 50.2 Å². The second kappa shape index (κ2) is 10.6. The van der Waals surface area contributed by atoms with E-state index in [-0.39, 0.29) is 45.0 Å². The highest BCUT2D eigenvalue weighted by molar-refractivity contribution is 5.87. The van der Waals surface area contributed by atoms with Gasteiger partial charge in [0, 0.05) is 11.5 Å². The van der Waals surface area contributed by atoms with Crippen molar-refractivity contribution in [1.82, 2.24) is 0 Å². The normalized spacial score (nSPS) is 42.5. The molecule has 0 aliphatic heterocycles. The third kappa shape index (κ3) is 4.69. The summed E-state index contributed by atoms with van der Waals surface area (Å²) in [6, 6.07) is 4.33. The van der Waals surface area contributed by atoms with E-state index in [1.807, 2.05) is 0 Å². The topological polar surface area (TPSA) is 124 Å². The number of rotatable bonds is 4. The number of hydrogen-bond acceptors (Lipinski definition) is 6. The number of carbonyl (C=O) groups is 2. The first-order valence-corrected chi connectivity index (χ1v) is 17.3. The molecule has 0 aromatic heterocycles. The van der Waals surface area contributed by atoms with Gasteiger partial charge >= 0.3 is 11.9 Å². The fourth-order valence-corrected chi connectivity index (χ4v) is 12.0. The van der Waals surface area contributed by atoms with Gasteiger partial charge in [0.25, 0.3) is 0 Å². The van der Waals surface area contributed by atoms with Gasteiger partial charge in [-0.3, -0.25) is 4.79 Å². The number of aromatic hydroxyl groups is 2. The molecule has 0 saturated heterocycles. The van der Waals surface area contributed by atoms with Crippen LogP contribution in [0.5, 0.6) is 11.5 Å². The van der Waals surface area contributed by atoms with Crippen LogP contribution >= 0.6 is 0 Å². The average Bonchev–Trinajstić information content (AvgIpc) is 2.95. The summed E-state index contributed by atoms with van der Waals surface area (Å²) in [5.41, 5.74) is 0.601. The molecule has 7 nitrogen and oxygen atoms in total. The van der Waals surface area contributed by atoms with Gasteiger partial charge in [-0.1, -0.05) is 66.2 Å². The van der Waals surface area contributed by atoms with Gasteiger partial charge in [-0.25, -0.2) is 4.79 Å². The van der Waals surface area contributed by atoms with E-state index in [0.717, 1.165) is 51.4 Å². The molecule has 6 rings (SSSR count). The number of ether oxygens (including phenoxy) is 1. The molecule has 4 saturated carbocycles. The van der Waals surface area contributed by atoms with Crippen LogP contribution in [0.15, 0.2) is 35.9 Å². The summed E-state index contributed by atoms with van der Waals surface area (Å²) >= 11 is 0. The Labute approximate surface area is 274 Å². The van der Waals surface area contributed by atoms with Crippen molar-refractivity contribution in [3.63, 3.8) is 0 Å². The first kappa shape index (κ1) is 33.1. The predicted octanol–water partition coefficient (Wildman–Crippen LogP) is 7.88. The molecule has 4 fully saturated rings. The van der Waals surface area contributed by atoms with Gasteiger partial charge < -0.3 is 25.2 Å². The minimum Gasteiger partial charge on any atom is -0.504 e. The van der Waals surface area contributed by atoms with E-state index in [4.69, 9.17) is 4.74 Å². The van der Waals surface area contributed by atoms with Crippen LogP contribution in [-0.2, 0) is 14.3 Å². The molecule has 9 atom stereocenters. The monoisotopic (exact) mass is 634 g/mol. The molecule has 0 bridgehead atoms. The predicted molar refractivity (Wildman–Crippen MR) is 177 cm³/mol. The Morgan fingerprint density at radius 2 is 1.59 bits per heavy atom. The smallest absolute Gasteiger partial charge is 0.331 e. The van der Waals surface area contributed by atoms with Gasteiger partial charge in [-0.2, -0.15) is 0 Å². The third-order valence-corrected chi connectivity index (χ3v) is 14.6. The summed E-state index contributed by atoms with van der Waals surface area (Å²) in [6.45, 7) is 16.1. The average molecular weight is 635 g/mol. The molecule has 5 aliphatic rings. The van der Waals surface area contributed by atoms with Crippen LogP contribution in [0.3, 0.4) is 0 Å². The summed E-state index contributed by atoms with van der Waals surface area (Å²) in [6.07, 6.45) is 11.4. The number of carboxylic acid groups (broad SMARTS) is 1. The Kier molecular flexibility index (Phi) is 7.63. The van der Waals surface area contributed by atoms with Crippen molar-refractivity contribution in [3.8, 4) is 11.5 Å². The highest BCUT2D eigenvalue weighted by Crippen LogP contribution is 2.75. The first-order valence-electron chi connectivity index (χ1n) is 17.3. The maximum Gasteiger partial charge on any atom is 0.331 e. The van der Waals surface area contributed by atoms with E-state index in [9.17, 15) is 30.0 Å². The number of allylic oxidation sites excluding steroid dienone is 2. The lowest BCUT2D eigenvalue weighted by Crippen LogP contribution is -2.67. The van der Waals surface area contributed by atoms with Crippen molar-refractivity contribution in [2.75, 3.05) is 0 Å². The lowest BCUT2D eigenvalue weighted by Gasteiger charge is -2.71. The molecule has 5 aliphatic carbocycles. The minimum atomic E-state index is -0.822. The molecule has 1 aromatic carbocycles. The Morgan fingerprint density at radius 3 is 2.26 bits per heavy atom. The molecule has 46 heavy (non-hydrogen) atoms. The number of benzene rings is 1. The van der Waals surface area contributed by atoms with E-state index < -0.39 is 35.0 Å². The molecule has 4 N–H and O–H groups in total. The molecule has 9 unspecified atom stereocenters. The summed E-state index contributed by atoms with van der Waals surface area (Å²) in [5.74, 6) is -1.06. The second-order valence-corrected chi connectivity index (χ2v) is 17.7. The largest absolute Gasteiger partial charge is 0.504 e. The number of hydrogen-bond donors (Lipinski definition) is 4. The molecule has 7 heteroatoms. The summed E-state index contributed by atoms with van der Waals surface area (Å²) in [5, 5.41) is 41.7. The molecule has 0 spiro atoms. The molecule has 0 amide bonds. The molecule has 252 valence electrons. The zero-order valence-electron chi connectivity index (χ0n) is 28.7. The van der Waals surface area contributed by atoms with Crippen LogP contribution in [0.25, 0.3) is 6.08 Å². The van der Waals surface area contributed by atoms with Crippen LogP contribution in [0.4, 0.5) is 0 Å². The fourth-order valence-electron chi connectivity index (χ4n) is 12.0. The van der Waals surface area contributed by atoms with Crippen LogP contribution in [0, 0.1) is 50.2 Å². The standard InChI is InChI=1S/C39H54O7/c1-34(2)16-18-39(33(44)45)19-17-37(6)24(25(39)21-34)10-12-30-36(5)22-28(42)32(35(3,4)29(36)14-15-38(30,37)7)46-31(43)13-9-23-8-11-26(40)27(41)20-23/h8-11,13,20,25,28-30,32,40-42H,12,14-19,21-22H2,1-7H3,(H,44,45). The number of carboxylic acids is 1. The molecule has 1 aromatic rings. The Bertz CT molecular complexity index is 1490. The molecular weight excluding hydrogens is 580 g/mol. The quantitative estimate of drug-likeness (QED) is 0.115. The lowest BCUT2D eigenvalue weighted by atomic mass is 9.33. The second-order valence-electron chi connectivity index (χ2n) is 17.7. The number of aliphatic hydroxyl groups is 1. The van der Waals surface area contributed by atoms with Crippen LogP contribution in [0.1, 0.15) is 112 Å². The number of carbonyl (C=O) groups excluding carboxylic acids is 1. The van der Waals surface area contributed by atoms with Gasteiger partial charge in [0.05, 0.1) is 11.5 Å². The molecule has 0 radical (unpaired) electrons. The van der Waals surface area contributed by atoms with Gasteiger partial charge in [0.1, 0.15) is 6.10 Å². The Balaban J connectivity index is 1.28. The fraction of sp³-hybridized carbons (Fsp3) is 0.692. The SMILES string of the molecule is CC1(C)CCC2(C(=O)O)CCC3(C)C(=CCC4C5(C)CC(O)C(OC(=O)C=Cc6ccc(O)c(O)c6)C(C)(C)C5CCC43C)C2C1. The number of phenols is 2. The highest BCUT2D eigenvalue weighted by atomic mass is 16.6. The molecular formula is C39H54O7. The van der Waals surface area contributed by atoms with Crippen LogP contribution in [0.2, 0.25) is 0 Å². The van der Waals surface area contributed by atoms with E-state index >= 15 is 0 Å². The maximum atomic E-state index is 13.0. The van der Waals surface area contributed by atoms with E-state index in [1.165, 1.54) is 29.9 Å². The zero-order chi connectivity index (χ0) is 33.7. The van der Waals surface area contributed by atoms with E-state index in [0.29, 0.717) is 17.9 Å². The third-order valence-electron chi connectivity index (χ3n) is 14.6. The summed E-state index contributed by atoms with van der Waals surface area (Å²) < 4.78 is 6.01. The van der Waals surface area contributed by atoms with E-state index in [1.54, 1.807) is 6.07 Å². The van der Waals surface area contributed by atoms with Crippen LogP contribution < -0.4 is 0 Å². The number of phenolic OH excluding ortho intramolecular Hbond substituents is 2. The summed E-state index contributed by atoms with van der Waals surface area (Å²) in [4.78, 5) is 26.0. The minimum absolute atomic E-state index is 0.0354. The molecule has 0 heterocycles. The highest BCUT2D eigenvalue weighted by Gasteiger charge is 2.70. The van der Waals surface area contributed by atoms with Crippen molar-refractivity contribution >= 4 is 18.0 Å². The van der Waals surface area contributed by atoms with Crippen molar-refractivity contribution in [2.45, 2.75) is 118 Å². The zero-order valence-corrected chi connectivity index (χ0v) is 28.7. The van der Waals surface area contributed by atoms with Gasteiger partial charge in [0.15, 0.2) is 11.5 Å². The van der Waals surface area contributed by atoms with Gasteiger partial charge in [-0.05, 0) is 121 Å². The number of aliphatic hydroxyl groups excluding tert-OH is 1. The first-order chi connectivity index (χ1) is 21.3. The number of aliphatic carboxylic acids is 1. The van der Waals surface area contributed by atoms with Crippen LogP contribution in [-0.4, -0.2) is 44.6 Å². The number of esters is 1. The Morgan fingerprint density at radius 1 is 0.891 bits per heavy atom. The van der Waals surface area contributed by atoms with Gasteiger partial charge in [-0.15, -0.1) is 0 Å². The van der Waals surface area contributed by atoms with Crippen molar-refractivity contribution in [1.29, 1.82) is 0 Å². The van der Waals surface area contributed by atoms with E-state index in [2.05, 4.69) is 54.5 Å². The van der Waals surface area contributed by atoms with Gasteiger partial charge in [0.2, 0.25) is 0 Å². The van der Waals surface area contributed by atoms with Crippen molar-refractivity contribution < 1.29 is 34.8 Å². The number of fused-ring (bicyclic) bond motifs is 7. The Hall–Kier alpha value is -2.80. The lowest BCUT2D eigenvalue weighted by molar-refractivity contribution is -0.238. The summed E-state index contributed by atoms with van der Waals surface area (Å²) in [7, 11) is 0. The van der Waals surface area contributed by atoms with Crippen molar-refractivity contribution in [3.05, 3.63) is 41.5 Å².